The van der Waals surface area contributed by atoms with Crippen molar-refractivity contribution in [2.45, 2.75) is 13.1 Å². The van der Waals surface area contributed by atoms with Crippen molar-refractivity contribution in [3.8, 4) is 5.75 Å². The first-order valence-corrected chi connectivity index (χ1v) is 9.15. The Morgan fingerprint density at radius 3 is 1.69 bits per heavy atom. The maximum Gasteiger partial charge on any atom is 0.337 e. The van der Waals surface area contributed by atoms with E-state index in [0.29, 0.717) is 5.56 Å². The molecule has 2 N–H and O–H groups in total. The number of hydrogen-bond acceptors (Lipinski definition) is 3. The maximum absolute atomic E-state index is 11.5. The van der Waals surface area contributed by atoms with Crippen molar-refractivity contribution in [2.24, 2.45) is 0 Å². The molecule has 1 aliphatic heterocycles. The molecule has 26 heavy (non-hydrogen) atoms. The first kappa shape index (κ1) is 18.4. The third-order valence-corrected chi connectivity index (χ3v) is 5.11. The molecule has 0 aromatic heterocycles. The summed E-state index contributed by atoms with van der Waals surface area (Å²) in [5, 5.41) is 0. The second-order valence-corrected chi connectivity index (χ2v) is 6.89. The molecule has 2 aromatic rings. The van der Waals surface area contributed by atoms with Gasteiger partial charge in [-0.15, -0.1) is 0 Å². The number of methoxy groups -OCH3 is 2. The summed E-state index contributed by atoms with van der Waals surface area (Å²) in [6, 6.07) is 16.2. The van der Waals surface area contributed by atoms with Crippen molar-refractivity contribution in [3.63, 3.8) is 0 Å². The smallest absolute Gasteiger partial charge is 0.337 e. The SMILES string of the molecule is COC(=O)c1ccc(C[NH+]2CC[NH+](Cc3ccc(OC)cc3)CC2)cc1. The first-order valence-electron chi connectivity index (χ1n) is 9.15. The summed E-state index contributed by atoms with van der Waals surface area (Å²) in [7, 11) is 3.11. The highest BCUT2D eigenvalue weighted by atomic mass is 16.5. The van der Waals surface area contributed by atoms with Crippen LogP contribution in [0.2, 0.25) is 0 Å². The van der Waals surface area contributed by atoms with Gasteiger partial charge in [-0.1, -0.05) is 12.1 Å². The molecule has 0 saturated carbocycles. The minimum Gasteiger partial charge on any atom is -0.497 e. The van der Waals surface area contributed by atoms with Crippen LogP contribution in [0.3, 0.4) is 0 Å². The molecular weight excluding hydrogens is 328 g/mol. The van der Waals surface area contributed by atoms with Crippen LogP contribution in [0.1, 0.15) is 21.5 Å². The summed E-state index contributed by atoms with van der Waals surface area (Å²) in [6.45, 7) is 6.79. The topological polar surface area (TPSA) is 44.4 Å². The third-order valence-electron chi connectivity index (χ3n) is 5.11. The molecular formula is C21H28N2O3+2. The molecule has 138 valence electrons. The molecule has 0 aliphatic carbocycles. The Kier molecular flexibility index (Phi) is 6.26. The Balaban J connectivity index is 1.46. The molecule has 5 nitrogen and oxygen atoms in total. The highest BCUT2D eigenvalue weighted by Gasteiger charge is 2.23. The van der Waals surface area contributed by atoms with Gasteiger partial charge in [0.05, 0.1) is 19.8 Å². The number of nitrogens with one attached hydrogen (secondary N) is 2. The van der Waals surface area contributed by atoms with Crippen LogP contribution >= 0.6 is 0 Å². The molecule has 1 aliphatic rings. The zero-order valence-electron chi connectivity index (χ0n) is 15.6. The van der Waals surface area contributed by atoms with Crippen molar-refractivity contribution < 1.29 is 24.1 Å². The Morgan fingerprint density at radius 2 is 1.27 bits per heavy atom. The van der Waals surface area contributed by atoms with Crippen molar-refractivity contribution in [1.82, 2.24) is 0 Å². The second kappa shape index (κ2) is 8.83. The molecule has 0 amide bonds. The number of hydrogen-bond donors (Lipinski definition) is 2. The van der Waals surface area contributed by atoms with Gasteiger partial charge in [0.15, 0.2) is 0 Å². The van der Waals surface area contributed by atoms with Gasteiger partial charge in [0.2, 0.25) is 0 Å². The van der Waals surface area contributed by atoms with Crippen LogP contribution < -0.4 is 14.5 Å². The lowest BCUT2D eigenvalue weighted by Crippen LogP contribution is -3.27. The maximum atomic E-state index is 11.5. The molecule has 1 fully saturated rings. The minimum absolute atomic E-state index is 0.278. The Hall–Kier alpha value is -2.37. The zero-order chi connectivity index (χ0) is 18.4. The fourth-order valence-corrected chi connectivity index (χ4v) is 3.51. The van der Waals surface area contributed by atoms with E-state index in [-0.39, 0.29) is 5.97 Å². The summed E-state index contributed by atoms with van der Waals surface area (Å²) in [6.07, 6.45) is 0. The van der Waals surface area contributed by atoms with Gasteiger partial charge in [-0.05, 0) is 36.4 Å². The summed E-state index contributed by atoms with van der Waals surface area (Å²) in [5.74, 6) is 0.635. The lowest BCUT2D eigenvalue weighted by atomic mass is 10.1. The number of benzene rings is 2. The number of rotatable bonds is 6. The van der Waals surface area contributed by atoms with Gasteiger partial charge in [0.25, 0.3) is 0 Å². The predicted molar refractivity (Wildman–Crippen MR) is 99.6 cm³/mol. The minimum atomic E-state index is -0.278. The van der Waals surface area contributed by atoms with Crippen LogP contribution in [-0.2, 0) is 17.8 Å². The lowest BCUT2D eigenvalue weighted by Gasteiger charge is -2.29. The molecule has 3 rings (SSSR count). The molecule has 5 heteroatoms. The number of ether oxygens (including phenoxy) is 2. The predicted octanol–water partition coefficient (Wildman–Crippen LogP) is -0.0346. The number of quaternary nitrogens is 2. The Labute approximate surface area is 155 Å². The van der Waals surface area contributed by atoms with E-state index in [2.05, 4.69) is 12.1 Å². The fourth-order valence-electron chi connectivity index (χ4n) is 3.51. The standard InChI is InChI=1S/C21H26N2O3/c1-25-20-9-5-18(6-10-20)16-23-13-11-22(12-14-23)15-17-3-7-19(8-4-17)21(24)26-2/h3-10H,11-16H2,1-2H3/p+2. The zero-order valence-corrected chi connectivity index (χ0v) is 15.6. The number of esters is 1. The number of piperazine rings is 1. The van der Waals surface area contributed by atoms with Gasteiger partial charge in [-0.25, -0.2) is 4.79 Å². The molecule has 0 atom stereocenters. The van der Waals surface area contributed by atoms with Gasteiger partial charge in [0, 0.05) is 11.1 Å². The van der Waals surface area contributed by atoms with Crippen LogP contribution in [0.15, 0.2) is 48.5 Å². The Morgan fingerprint density at radius 1 is 0.808 bits per heavy atom. The molecule has 1 saturated heterocycles. The van der Waals surface area contributed by atoms with Crippen molar-refractivity contribution in [1.29, 1.82) is 0 Å². The fraction of sp³-hybridized carbons (Fsp3) is 0.381. The average molecular weight is 356 g/mol. The summed E-state index contributed by atoms with van der Waals surface area (Å²) in [5.41, 5.74) is 3.24. The van der Waals surface area contributed by atoms with Gasteiger partial charge in [0.1, 0.15) is 45.0 Å². The Bertz CT molecular complexity index is 705. The van der Waals surface area contributed by atoms with E-state index in [1.165, 1.54) is 44.4 Å². The number of carbonyl (C=O) groups is 1. The van der Waals surface area contributed by atoms with Crippen molar-refractivity contribution in [2.75, 3.05) is 40.4 Å². The van der Waals surface area contributed by atoms with Crippen LogP contribution in [0.5, 0.6) is 5.75 Å². The monoisotopic (exact) mass is 356 g/mol. The van der Waals surface area contributed by atoms with Crippen LogP contribution in [0.25, 0.3) is 0 Å². The molecule has 0 unspecified atom stereocenters. The van der Waals surface area contributed by atoms with E-state index in [0.717, 1.165) is 18.8 Å². The van der Waals surface area contributed by atoms with E-state index in [1.54, 1.807) is 16.9 Å². The average Bonchev–Trinajstić information content (AvgIpc) is 2.70. The molecule has 1 heterocycles. The molecule has 0 bridgehead atoms. The van der Waals surface area contributed by atoms with E-state index in [9.17, 15) is 4.79 Å². The van der Waals surface area contributed by atoms with Crippen molar-refractivity contribution >= 4 is 5.97 Å². The first-order chi connectivity index (χ1) is 12.7. The lowest BCUT2D eigenvalue weighted by molar-refractivity contribution is -1.02. The van der Waals surface area contributed by atoms with Crippen molar-refractivity contribution in [3.05, 3.63) is 65.2 Å². The second-order valence-electron chi connectivity index (χ2n) is 6.89. The largest absolute Gasteiger partial charge is 0.497 e. The normalized spacial score (nSPS) is 19.8. The summed E-state index contributed by atoms with van der Waals surface area (Å²) in [4.78, 5) is 14.7. The molecule has 0 spiro atoms. The van der Waals surface area contributed by atoms with Gasteiger partial charge < -0.3 is 19.3 Å². The van der Waals surface area contributed by atoms with E-state index < -0.39 is 0 Å². The number of carbonyl (C=O) groups excluding carboxylic acids is 1. The quantitative estimate of drug-likeness (QED) is 0.715. The van der Waals surface area contributed by atoms with Gasteiger partial charge >= 0.3 is 5.97 Å². The van der Waals surface area contributed by atoms with Crippen LogP contribution in [0.4, 0.5) is 0 Å². The van der Waals surface area contributed by atoms with Crippen LogP contribution in [-0.4, -0.2) is 46.4 Å². The van der Waals surface area contributed by atoms with Gasteiger partial charge in [-0.2, -0.15) is 0 Å². The van der Waals surface area contributed by atoms with E-state index in [4.69, 9.17) is 9.47 Å². The van der Waals surface area contributed by atoms with E-state index in [1.807, 2.05) is 36.4 Å². The molecule has 0 radical (unpaired) electrons. The summed E-state index contributed by atoms with van der Waals surface area (Å²) < 4.78 is 9.97. The molecule has 2 aromatic carbocycles. The highest BCUT2D eigenvalue weighted by Crippen LogP contribution is 2.10. The highest BCUT2D eigenvalue weighted by molar-refractivity contribution is 5.89. The summed E-state index contributed by atoms with van der Waals surface area (Å²) >= 11 is 0. The van der Waals surface area contributed by atoms with Crippen LogP contribution in [0, 0.1) is 0 Å². The van der Waals surface area contributed by atoms with Gasteiger partial charge in [-0.3, -0.25) is 0 Å². The third kappa shape index (κ3) is 4.84. The van der Waals surface area contributed by atoms with E-state index >= 15 is 0 Å².